The van der Waals surface area contributed by atoms with Crippen molar-refractivity contribution in [1.82, 2.24) is 4.90 Å². The lowest BCUT2D eigenvalue weighted by Gasteiger charge is -2.39. The van der Waals surface area contributed by atoms with Gasteiger partial charge >= 0.3 is 0 Å². The molecule has 0 saturated heterocycles. The van der Waals surface area contributed by atoms with Gasteiger partial charge in [-0.2, -0.15) is 0 Å². The van der Waals surface area contributed by atoms with Crippen LogP contribution in [0.2, 0.25) is 0 Å². The van der Waals surface area contributed by atoms with Crippen LogP contribution in [-0.2, 0) is 4.74 Å². The third-order valence-electron chi connectivity index (χ3n) is 6.57. The summed E-state index contributed by atoms with van der Waals surface area (Å²) in [5, 5.41) is 10.2. The second-order valence-corrected chi connectivity index (χ2v) is 7.57. The van der Waals surface area contributed by atoms with Crippen LogP contribution >= 0.6 is 0 Å². The molecule has 0 aliphatic heterocycles. The van der Waals surface area contributed by atoms with Gasteiger partial charge in [-0.25, -0.2) is 0 Å². The number of ether oxygens (including phenoxy) is 1. The molecule has 2 bridgehead atoms. The molecule has 3 nitrogen and oxygen atoms in total. The number of nitrogens with zero attached hydrogens (tertiary/aromatic N) is 1. The summed E-state index contributed by atoms with van der Waals surface area (Å²) in [4.78, 5) is 2.25. The zero-order valence-electron chi connectivity index (χ0n) is 14.0. The number of aliphatic hydroxyl groups is 1. The number of hydrogen-bond acceptors (Lipinski definition) is 3. The molecule has 20 heavy (non-hydrogen) atoms. The van der Waals surface area contributed by atoms with Gasteiger partial charge in [0.25, 0.3) is 0 Å². The quantitative estimate of drug-likeness (QED) is 0.780. The van der Waals surface area contributed by atoms with Crippen molar-refractivity contribution < 1.29 is 9.84 Å². The fourth-order valence-electron chi connectivity index (χ4n) is 4.44. The van der Waals surface area contributed by atoms with Crippen LogP contribution in [0.4, 0.5) is 0 Å². The van der Waals surface area contributed by atoms with E-state index in [1.165, 1.54) is 19.3 Å². The van der Waals surface area contributed by atoms with E-state index in [0.29, 0.717) is 23.5 Å². The van der Waals surface area contributed by atoms with Gasteiger partial charge in [-0.1, -0.05) is 34.6 Å². The lowest BCUT2D eigenvalue weighted by atomic mass is 9.70. The average Bonchev–Trinajstić information content (AvgIpc) is 2.75. The Kier molecular flexibility index (Phi) is 4.83. The van der Waals surface area contributed by atoms with Crippen molar-refractivity contribution in [3.8, 4) is 0 Å². The fraction of sp³-hybridized carbons (Fsp3) is 1.00. The molecule has 0 unspecified atom stereocenters. The van der Waals surface area contributed by atoms with E-state index in [1.807, 2.05) is 0 Å². The summed E-state index contributed by atoms with van der Waals surface area (Å²) in [6.07, 6.45) is 3.79. The minimum atomic E-state index is -0.360. The van der Waals surface area contributed by atoms with Gasteiger partial charge in [0.2, 0.25) is 0 Å². The van der Waals surface area contributed by atoms with E-state index in [1.54, 1.807) is 0 Å². The van der Waals surface area contributed by atoms with Crippen LogP contribution in [0.5, 0.6) is 0 Å². The van der Waals surface area contributed by atoms with Crippen LogP contribution in [0.3, 0.4) is 0 Å². The molecule has 4 atom stereocenters. The summed E-state index contributed by atoms with van der Waals surface area (Å²) in [6, 6.07) is 0. The van der Waals surface area contributed by atoms with Gasteiger partial charge in [0, 0.05) is 6.54 Å². The first-order valence-corrected chi connectivity index (χ1v) is 8.37. The highest BCUT2D eigenvalue weighted by atomic mass is 16.5. The van der Waals surface area contributed by atoms with Gasteiger partial charge in [0.05, 0.1) is 18.8 Å². The van der Waals surface area contributed by atoms with Crippen LogP contribution in [0.1, 0.15) is 53.9 Å². The molecule has 118 valence electrons. The molecule has 2 fully saturated rings. The van der Waals surface area contributed by atoms with Gasteiger partial charge in [-0.15, -0.1) is 0 Å². The van der Waals surface area contributed by atoms with Crippen LogP contribution in [0, 0.1) is 16.7 Å². The molecule has 0 aromatic heterocycles. The summed E-state index contributed by atoms with van der Waals surface area (Å²) in [7, 11) is 0. The molecule has 2 rings (SSSR count). The molecule has 1 N–H and O–H groups in total. The molecular formula is C17H33NO2. The lowest BCUT2D eigenvalue weighted by molar-refractivity contribution is -0.0789. The topological polar surface area (TPSA) is 32.7 Å². The second kappa shape index (κ2) is 5.94. The van der Waals surface area contributed by atoms with Crippen LogP contribution in [0.15, 0.2) is 0 Å². The highest BCUT2D eigenvalue weighted by molar-refractivity contribution is 5.11. The molecule has 2 saturated carbocycles. The summed E-state index contributed by atoms with van der Waals surface area (Å²) >= 11 is 0. The first-order chi connectivity index (χ1) is 9.35. The van der Waals surface area contributed by atoms with E-state index in [9.17, 15) is 5.11 Å². The van der Waals surface area contributed by atoms with E-state index in [-0.39, 0.29) is 6.10 Å². The first kappa shape index (κ1) is 16.3. The maximum atomic E-state index is 10.2. The normalized spacial score (nSPS) is 36.8. The molecule has 0 radical (unpaired) electrons. The molecule has 0 aromatic carbocycles. The molecule has 0 spiro atoms. The van der Waals surface area contributed by atoms with Gasteiger partial charge in [0.15, 0.2) is 0 Å². The smallest absolute Gasteiger partial charge is 0.0900 e. The van der Waals surface area contributed by atoms with Crippen molar-refractivity contribution in [2.75, 3.05) is 26.2 Å². The molecule has 3 heteroatoms. The van der Waals surface area contributed by atoms with Crippen LogP contribution in [0.25, 0.3) is 0 Å². The fourth-order valence-corrected chi connectivity index (χ4v) is 4.44. The van der Waals surface area contributed by atoms with Crippen molar-refractivity contribution in [1.29, 1.82) is 0 Å². The van der Waals surface area contributed by atoms with Crippen molar-refractivity contribution in [3.63, 3.8) is 0 Å². The highest BCUT2D eigenvalue weighted by Gasteiger charge is 2.61. The first-order valence-electron chi connectivity index (χ1n) is 8.37. The van der Waals surface area contributed by atoms with Crippen molar-refractivity contribution >= 4 is 0 Å². The minimum absolute atomic E-state index is 0.298. The molecule has 2 aliphatic carbocycles. The van der Waals surface area contributed by atoms with Crippen molar-refractivity contribution in [2.45, 2.75) is 66.1 Å². The van der Waals surface area contributed by atoms with Gasteiger partial charge in [-0.05, 0) is 49.1 Å². The Labute approximate surface area is 124 Å². The molecule has 0 heterocycles. The Morgan fingerprint density at radius 3 is 2.35 bits per heavy atom. The van der Waals surface area contributed by atoms with Gasteiger partial charge in [0.1, 0.15) is 0 Å². The maximum absolute atomic E-state index is 10.2. The lowest BCUT2D eigenvalue weighted by Crippen LogP contribution is -2.40. The van der Waals surface area contributed by atoms with Crippen molar-refractivity contribution in [2.24, 2.45) is 16.7 Å². The zero-order valence-corrected chi connectivity index (χ0v) is 14.0. The Morgan fingerprint density at radius 2 is 1.90 bits per heavy atom. The maximum Gasteiger partial charge on any atom is 0.0900 e. The van der Waals surface area contributed by atoms with E-state index in [2.05, 4.69) is 39.5 Å². The van der Waals surface area contributed by atoms with E-state index >= 15 is 0 Å². The number of aliphatic hydroxyl groups excluding tert-OH is 1. The van der Waals surface area contributed by atoms with E-state index in [0.717, 1.165) is 25.6 Å². The molecular weight excluding hydrogens is 250 g/mol. The summed E-state index contributed by atoms with van der Waals surface area (Å²) < 4.78 is 6.15. The Balaban J connectivity index is 1.84. The SMILES string of the molecule is CCN(CC)C[C@H](O)CO[C@@H]1C[C@H]2CC[C@@]1(C)C2(C)C. The number of hydrogen-bond donors (Lipinski definition) is 1. The molecule has 2 aliphatic rings. The number of rotatable bonds is 7. The summed E-state index contributed by atoms with van der Waals surface area (Å²) in [5.41, 5.74) is 0.689. The van der Waals surface area contributed by atoms with Gasteiger partial charge in [-0.3, -0.25) is 0 Å². The van der Waals surface area contributed by atoms with Gasteiger partial charge < -0.3 is 14.7 Å². The summed E-state index contributed by atoms with van der Waals surface area (Å²) in [6.45, 7) is 14.7. The number of likely N-dealkylation sites (N-methyl/N-ethyl adjacent to an activating group) is 1. The van der Waals surface area contributed by atoms with E-state index < -0.39 is 0 Å². The zero-order chi connectivity index (χ0) is 15.0. The average molecular weight is 283 g/mol. The molecule has 0 aromatic rings. The second-order valence-electron chi connectivity index (χ2n) is 7.57. The predicted molar refractivity (Wildman–Crippen MR) is 82.8 cm³/mol. The van der Waals surface area contributed by atoms with Crippen LogP contribution < -0.4 is 0 Å². The van der Waals surface area contributed by atoms with Crippen LogP contribution in [-0.4, -0.2) is 48.5 Å². The third-order valence-corrected chi connectivity index (χ3v) is 6.57. The Hall–Kier alpha value is -0.120. The monoisotopic (exact) mass is 283 g/mol. The molecule has 0 amide bonds. The Bertz CT molecular complexity index is 327. The number of fused-ring (bicyclic) bond motifs is 2. The van der Waals surface area contributed by atoms with E-state index in [4.69, 9.17) is 4.74 Å². The minimum Gasteiger partial charge on any atom is -0.389 e. The Morgan fingerprint density at radius 1 is 1.25 bits per heavy atom. The van der Waals surface area contributed by atoms with Crippen molar-refractivity contribution in [3.05, 3.63) is 0 Å². The largest absolute Gasteiger partial charge is 0.389 e. The highest BCUT2D eigenvalue weighted by Crippen LogP contribution is 2.66. The predicted octanol–water partition coefficient (Wildman–Crippen LogP) is 2.92. The summed E-state index contributed by atoms with van der Waals surface area (Å²) in [5.74, 6) is 0.803. The standard InChI is InChI=1S/C17H33NO2/c1-6-18(7-2)11-14(19)12-20-15-10-13-8-9-17(15,5)16(13,3)4/h13-15,19H,6-12H2,1-5H3/t13-,14+,15-,17-/m1/s1. The third kappa shape index (κ3) is 2.65.